The lowest BCUT2D eigenvalue weighted by molar-refractivity contribution is 0.146. The maximum absolute atomic E-state index is 11.7. The Bertz CT molecular complexity index is 1010. The molecule has 1 N–H and O–H groups in total. The normalized spacial score (nSPS) is 12.2. The average molecular weight is 401 g/mol. The molecule has 0 saturated heterocycles. The number of aliphatic hydroxyl groups is 1. The van der Waals surface area contributed by atoms with E-state index < -0.39 is 5.60 Å². The van der Waals surface area contributed by atoms with Crippen molar-refractivity contribution in [1.29, 1.82) is 0 Å². The standard InChI is InChI=1S/C25H20OS2/c26-25(16-13-20-8-3-1-4-9-20,17-14-21-10-5-2-6-11-21)22-15-19-28-24(22)23-12-7-18-27-23/h1-19,26H/b16-13+,17-14+. The van der Waals surface area contributed by atoms with Crippen LogP contribution in [-0.2, 0) is 5.60 Å². The Kier molecular flexibility index (Phi) is 5.68. The molecule has 0 aliphatic carbocycles. The van der Waals surface area contributed by atoms with Gasteiger partial charge in [-0.3, -0.25) is 0 Å². The average Bonchev–Trinajstić information content (AvgIpc) is 3.44. The predicted octanol–water partition coefficient (Wildman–Crippen LogP) is 7.09. The highest BCUT2D eigenvalue weighted by Crippen LogP contribution is 2.40. The van der Waals surface area contributed by atoms with Crippen LogP contribution in [0.3, 0.4) is 0 Å². The SMILES string of the molecule is OC(/C=C/c1ccccc1)(/C=C/c1ccccc1)c1ccsc1-c1cccs1. The van der Waals surface area contributed by atoms with Crippen molar-refractivity contribution in [2.24, 2.45) is 0 Å². The fraction of sp³-hybridized carbons (Fsp3) is 0.0400. The molecule has 0 aliphatic heterocycles. The van der Waals surface area contributed by atoms with Crippen LogP contribution < -0.4 is 0 Å². The molecule has 0 saturated carbocycles. The second-order valence-corrected chi connectivity index (χ2v) is 8.32. The zero-order valence-electron chi connectivity index (χ0n) is 15.2. The van der Waals surface area contributed by atoms with Crippen LogP contribution in [0, 0.1) is 0 Å². The Morgan fingerprint density at radius 1 is 0.643 bits per heavy atom. The Labute approximate surface area is 173 Å². The molecule has 4 aromatic rings. The van der Waals surface area contributed by atoms with E-state index in [1.54, 1.807) is 22.7 Å². The summed E-state index contributed by atoms with van der Waals surface area (Å²) in [5, 5.41) is 15.8. The van der Waals surface area contributed by atoms with E-state index in [0.717, 1.165) is 21.6 Å². The van der Waals surface area contributed by atoms with Gasteiger partial charge < -0.3 is 5.11 Å². The van der Waals surface area contributed by atoms with Crippen LogP contribution >= 0.6 is 22.7 Å². The predicted molar refractivity (Wildman–Crippen MR) is 122 cm³/mol. The minimum Gasteiger partial charge on any atom is -0.377 e. The molecule has 2 aromatic heterocycles. The van der Waals surface area contributed by atoms with E-state index in [-0.39, 0.29) is 0 Å². The molecular weight excluding hydrogens is 380 g/mol. The maximum Gasteiger partial charge on any atom is 0.128 e. The fourth-order valence-electron chi connectivity index (χ4n) is 3.03. The highest BCUT2D eigenvalue weighted by atomic mass is 32.1. The summed E-state index contributed by atoms with van der Waals surface area (Å²) in [5.74, 6) is 0. The van der Waals surface area contributed by atoms with E-state index >= 15 is 0 Å². The fourth-order valence-corrected chi connectivity index (χ4v) is 4.88. The monoisotopic (exact) mass is 400 g/mol. The lowest BCUT2D eigenvalue weighted by Gasteiger charge is -2.22. The maximum atomic E-state index is 11.7. The number of benzene rings is 2. The van der Waals surface area contributed by atoms with Crippen molar-refractivity contribution in [2.45, 2.75) is 5.60 Å². The van der Waals surface area contributed by atoms with Gasteiger partial charge in [-0.15, -0.1) is 22.7 Å². The smallest absolute Gasteiger partial charge is 0.128 e. The summed E-state index contributed by atoms with van der Waals surface area (Å²) in [6, 6.07) is 26.3. The van der Waals surface area contributed by atoms with E-state index in [1.807, 2.05) is 102 Å². The van der Waals surface area contributed by atoms with Gasteiger partial charge in [-0.05, 0) is 46.2 Å². The third kappa shape index (κ3) is 4.23. The molecule has 138 valence electrons. The van der Waals surface area contributed by atoms with Crippen LogP contribution in [-0.4, -0.2) is 5.11 Å². The van der Waals surface area contributed by atoms with Crippen LogP contribution in [0.25, 0.3) is 21.9 Å². The van der Waals surface area contributed by atoms with Gasteiger partial charge in [0.2, 0.25) is 0 Å². The first-order valence-corrected chi connectivity index (χ1v) is 10.8. The molecule has 2 heterocycles. The molecule has 0 unspecified atom stereocenters. The molecule has 2 aromatic carbocycles. The van der Waals surface area contributed by atoms with Crippen molar-refractivity contribution < 1.29 is 5.11 Å². The van der Waals surface area contributed by atoms with Gasteiger partial charge in [0, 0.05) is 10.4 Å². The van der Waals surface area contributed by atoms with Gasteiger partial charge in [0.05, 0.1) is 4.88 Å². The summed E-state index contributed by atoms with van der Waals surface area (Å²) in [4.78, 5) is 2.28. The van der Waals surface area contributed by atoms with Gasteiger partial charge in [0.25, 0.3) is 0 Å². The number of rotatable bonds is 6. The van der Waals surface area contributed by atoms with E-state index in [4.69, 9.17) is 0 Å². The number of thiophene rings is 2. The lowest BCUT2D eigenvalue weighted by Crippen LogP contribution is -2.19. The van der Waals surface area contributed by atoms with Crippen molar-refractivity contribution in [3.05, 3.63) is 118 Å². The van der Waals surface area contributed by atoms with Gasteiger partial charge >= 0.3 is 0 Å². The minimum absolute atomic E-state index is 0.902. The highest BCUT2D eigenvalue weighted by molar-refractivity contribution is 7.20. The first-order chi connectivity index (χ1) is 13.7. The van der Waals surface area contributed by atoms with Crippen molar-refractivity contribution in [1.82, 2.24) is 0 Å². The van der Waals surface area contributed by atoms with Crippen LogP contribution in [0.2, 0.25) is 0 Å². The summed E-state index contributed by atoms with van der Waals surface area (Å²) >= 11 is 3.35. The Morgan fingerprint density at radius 3 is 1.79 bits per heavy atom. The molecule has 4 rings (SSSR count). The molecule has 0 atom stereocenters. The van der Waals surface area contributed by atoms with Crippen molar-refractivity contribution in [2.75, 3.05) is 0 Å². The molecule has 3 heteroatoms. The molecule has 0 fully saturated rings. The first-order valence-electron chi connectivity index (χ1n) is 9.07. The van der Waals surface area contributed by atoms with Gasteiger partial charge in [-0.1, -0.05) is 78.9 Å². The van der Waals surface area contributed by atoms with Gasteiger partial charge in [0.1, 0.15) is 5.60 Å². The van der Waals surface area contributed by atoms with Crippen molar-refractivity contribution in [3.8, 4) is 9.75 Å². The van der Waals surface area contributed by atoms with Gasteiger partial charge in [-0.25, -0.2) is 0 Å². The summed E-state index contributed by atoms with van der Waals surface area (Å²) < 4.78 is 0. The zero-order valence-corrected chi connectivity index (χ0v) is 16.9. The van der Waals surface area contributed by atoms with E-state index in [0.29, 0.717) is 0 Å². The number of hydrogen-bond acceptors (Lipinski definition) is 3. The van der Waals surface area contributed by atoms with E-state index in [1.165, 1.54) is 4.88 Å². The van der Waals surface area contributed by atoms with Crippen LogP contribution in [0.4, 0.5) is 0 Å². The van der Waals surface area contributed by atoms with Crippen molar-refractivity contribution >= 4 is 34.8 Å². The lowest BCUT2D eigenvalue weighted by atomic mass is 9.91. The van der Waals surface area contributed by atoms with Crippen LogP contribution in [0.1, 0.15) is 16.7 Å². The summed E-state index contributed by atoms with van der Waals surface area (Å²) in [5.41, 5.74) is 1.81. The third-order valence-electron chi connectivity index (χ3n) is 4.50. The Balaban J connectivity index is 1.77. The minimum atomic E-state index is -1.20. The first kappa shape index (κ1) is 18.6. The van der Waals surface area contributed by atoms with Gasteiger partial charge in [-0.2, -0.15) is 0 Å². The van der Waals surface area contributed by atoms with E-state index in [9.17, 15) is 5.11 Å². The molecule has 28 heavy (non-hydrogen) atoms. The number of hydrogen-bond donors (Lipinski definition) is 1. The van der Waals surface area contributed by atoms with Crippen LogP contribution in [0.5, 0.6) is 0 Å². The Hall–Kier alpha value is -2.72. The topological polar surface area (TPSA) is 20.2 Å². The molecule has 0 aliphatic rings. The second kappa shape index (κ2) is 8.53. The Morgan fingerprint density at radius 2 is 1.25 bits per heavy atom. The third-order valence-corrected chi connectivity index (χ3v) is 6.46. The summed E-state index contributed by atoms with van der Waals surface area (Å²) in [6.45, 7) is 0. The molecule has 0 bridgehead atoms. The summed E-state index contributed by atoms with van der Waals surface area (Å²) in [7, 11) is 0. The van der Waals surface area contributed by atoms with Crippen LogP contribution in [0.15, 0.2) is 102 Å². The van der Waals surface area contributed by atoms with E-state index in [2.05, 4.69) is 11.4 Å². The molecule has 0 radical (unpaired) electrons. The molecular formula is C25H20OS2. The second-order valence-electron chi connectivity index (χ2n) is 6.45. The van der Waals surface area contributed by atoms with Crippen molar-refractivity contribution in [3.63, 3.8) is 0 Å². The molecule has 1 nitrogen and oxygen atoms in total. The van der Waals surface area contributed by atoms with Gasteiger partial charge in [0.15, 0.2) is 0 Å². The molecule has 0 spiro atoms. The summed E-state index contributed by atoms with van der Waals surface area (Å²) in [6.07, 6.45) is 7.71. The quantitative estimate of drug-likeness (QED) is 0.366. The zero-order chi connectivity index (χ0) is 19.2. The molecule has 0 amide bonds. The largest absolute Gasteiger partial charge is 0.377 e. The highest BCUT2D eigenvalue weighted by Gasteiger charge is 2.27.